The predicted molar refractivity (Wildman–Crippen MR) is 146 cm³/mol. The number of rotatable bonds is 5. The summed E-state index contributed by atoms with van der Waals surface area (Å²) in [4.78, 5) is 0. The molecule has 181 valence electrons. The molecule has 34 heavy (non-hydrogen) atoms. The molecule has 0 atom stereocenters. The quantitative estimate of drug-likeness (QED) is 0.115. The number of hydrogen-bond donors (Lipinski definition) is 0. The summed E-state index contributed by atoms with van der Waals surface area (Å²) in [6.07, 6.45) is 13.0. The zero-order valence-electron chi connectivity index (χ0n) is 21.6. The molecule has 0 spiro atoms. The van der Waals surface area contributed by atoms with E-state index in [0.717, 1.165) is 22.6 Å². The van der Waals surface area contributed by atoms with Gasteiger partial charge in [0.25, 0.3) is 0 Å². The second-order valence-corrected chi connectivity index (χ2v) is 12.2. The van der Waals surface area contributed by atoms with Gasteiger partial charge in [-0.3, -0.25) is 0 Å². The molecule has 2 aromatic rings. The van der Waals surface area contributed by atoms with Crippen LogP contribution >= 0.6 is 7.92 Å². The summed E-state index contributed by atoms with van der Waals surface area (Å²) in [7, 11) is 0.262. The number of benzene rings is 2. The minimum Gasteiger partial charge on any atom is -0.0312 e. The van der Waals surface area contributed by atoms with Gasteiger partial charge in [0, 0.05) is 0 Å². The number of allylic oxidation sites excluding steroid dienone is 1. The zero-order valence-corrected chi connectivity index (χ0v) is 24.2. The third-order valence-corrected chi connectivity index (χ3v) is 8.30. The first kappa shape index (κ1) is 34.9. The standard InChI is InChI=1S/C16H13.C9H21P.C5H5.CO.Ru/c1-2-9-16(14-10-5-3-6-11-14)15-12-7-4-8-13-15;1-7(2)10(8(3)4)9(5)6;1-2-4-5-3-1;1-2;/h3-8,10-13H,1H3;7-9H,1-6H3;1-5H;;/q-1;;;;+2. The van der Waals surface area contributed by atoms with E-state index in [2.05, 4.69) is 84.3 Å². The Labute approximate surface area is 224 Å². The summed E-state index contributed by atoms with van der Waals surface area (Å²) >= 11 is 0. The molecule has 1 aliphatic rings. The Kier molecular flexibility index (Phi) is 22.8. The largest absolute Gasteiger partial charge is 2.00 e. The first-order valence-corrected chi connectivity index (χ1v) is 13.0. The first-order chi connectivity index (χ1) is 15.9. The SMILES string of the molecule is CC(C)P(C(C)C)C(C)C.C[C-]=C=C(c1ccccc1)c1ccccc1.[C-]#[O+].[CH]1[CH][CH][CH][CH]1.[Ru+2]. The smallest absolute Gasteiger partial charge is 0.0312 e. The van der Waals surface area contributed by atoms with Gasteiger partial charge in [0.1, 0.15) is 0 Å². The maximum absolute atomic E-state index is 7.50. The van der Waals surface area contributed by atoms with Gasteiger partial charge in [-0.15, -0.1) is 12.5 Å². The molecule has 0 aromatic heterocycles. The van der Waals surface area contributed by atoms with E-state index in [1.165, 1.54) is 11.1 Å². The minimum atomic E-state index is 0. The van der Waals surface area contributed by atoms with Gasteiger partial charge in [-0.1, -0.05) is 121 Å². The fourth-order valence-electron chi connectivity index (χ4n) is 3.76. The van der Waals surface area contributed by atoms with E-state index in [9.17, 15) is 0 Å². The average Bonchev–Trinajstić information content (AvgIpc) is 3.40. The molecular formula is C31H39OPRu+. The van der Waals surface area contributed by atoms with E-state index in [1.807, 2.05) is 75.4 Å². The summed E-state index contributed by atoms with van der Waals surface area (Å²) in [5.41, 5.74) is 9.30. The molecule has 0 N–H and O–H groups in total. The Balaban J connectivity index is 0. The molecule has 5 radical (unpaired) electrons. The van der Waals surface area contributed by atoms with Crippen molar-refractivity contribution in [2.24, 2.45) is 0 Å². The zero-order chi connectivity index (χ0) is 25.1. The molecule has 0 saturated heterocycles. The molecule has 2 aromatic carbocycles. The van der Waals surface area contributed by atoms with E-state index in [1.54, 1.807) is 0 Å². The van der Waals surface area contributed by atoms with Crippen molar-refractivity contribution in [2.75, 3.05) is 0 Å². The molecule has 1 fully saturated rings. The molecule has 0 amide bonds. The Bertz CT molecular complexity index is 731. The summed E-state index contributed by atoms with van der Waals surface area (Å²) in [6.45, 7) is 20.5. The molecule has 0 aliphatic heterocycles. The van der Waals surface area contributed by atoms with Crippen LogP contribution in [0, 0.1) is 44.8 Å². The van der Waals surface area contributed by atoms with Crippen LogP contribution in [0.2, 0.25) is 0 Å². The van der Waals surface area contributed by atoms with Gasteiger partial charge in [0.2, 0.25) is 0 Å². The second kappa shape index (κ2) is 22.2. The van der Waals surface area contributed by atoms with E-state index >= 15 is 0 Å². The first-order valence-electron chi connectivity index (χ1n) is 11.4. The van der Waals surface area contributed by atoms with Crippen molar-refractivity contribution in [3.8, 4) is 0 Å². The van der Waals surface area contributed by atoms with Crippen LogP contribution in [0.5, 0.6) is 0 Å². The van der Waals surface area contributed by atoms with Crippen LogP contribution < -0.4 is 0 Å². The molecule has 1 saturated carbocycles. The van der Waals surface area contributed by atoms with Crippen LogP contribution in [-0.4, -0.2) is 17.0 Å². The van der Waals surface area contributed by atoms with Crippen LogP contribution in [0.15, 0.2) is 66.4 Å². The van der Waals surface area contributed by atoms with Gasteiger partial charge in [-0.2, -0.15) is 0 Å². The van der Waals surface area contributed by atoms with Crippen molar-refractivity contribution in [3.05, 3.63) is 122 Å². The van der Waals surface area contributed by atoms with Crippen LogP contribution in [0.3, 0.4) is 0 Å². The van der Waals surface area contributed by atoms with E-state index in [-0.39, 0.29) is 27.4 Å². The monoisotopic (exact) mass is 560 g/mol. The minimum absolute atomic E-state index is 0. The topological polar surface area (TPSA) is 19.9 Å². The molecule has 0 unspecified atom stereocenters. The maximum atomic E-state index is 7.50. The van der Waals surface area contributed by atoms with Gasteiger partial charge in [0.05, 0.1) is 0 Å². The van der Waals surface area contributed by atoms with Crippen molar-refractivity contribution in [1.82, 2.24) is 0 Å². The molecule has 1 aliphatic carbocycles. The van der Waals surface area contributed by atoms with Gasteiger partial charge in [0.15, 0.2) is 0 Å². The Morgan fingerprint density at radius 1 is 0.676 bits per heavy atom. The van der Waals surface area contributed by atoms with Crippen molar-refractivity contribution >= 4 is 13.5 Å². The molecule has 0 heterocycles. The normalized spacial score (nSPS) is 11.7. The Morgan fingerprint density at radius 2 is 0.971 bits per heavy atom. The van der Waals surface area contributed by atoms with Crippen LogP contribution in [-0.2, 0) is 24.1 Å². The van der Waals surface area contributed by atoms with E-state index in [4.69, 9.17) is 4.65 Å². The summed E-state index contributed by atoms with van der Waals surface area (Å²) in [6, 6.07) is 20.5. The van der Waals surface area contributed by atoms with Crippen molar-refractivity contribution in [1.29, 1.82) is 0 Å². The molecular weight excluding hydrogens is 520 g/mol. The van der Waals surface area contributed by atoms with E-state index in [0.29, 0.717) is 0 Å². The molecule has 3 rings (SSSR count). The summed E-state index contributed by atoms with van der Waals surface area (Å²) < 4.78 is 7.50. The average molecular weight is 560 g/mol. The molecule has 1 nitrogen and oxygen atoms in total. The van der Waals surface area contributed by atoms with Gasteiger partial charge < -0.3 is 5.73 Å². The van der Waals surface area contributed by atoms with Gasteiger partial charge in [-0.25, -0.2) is 6.08 Å². The van der Waals surface area contributed by atoms with Crippen molar-refractivity contribution in [2.45, 2.75) is 65.4 Å². The van der Waals surface area contributed by atoms with Gasteiger partial charge >= 0.3 is 30.8 Å². The third kappa shape index (κ3) is 14.9. The summed E-state index contributed by atoms with van der Waals surface area (Å²) in [5, 5.41) is 0. The van der Waals surface area contributed by atoms with Crippen molar-refractivity contribution < 1.29 is 24.1 Å². The third-order valence-electron chi connectivity index (χ3n) is 4.72. The number of hydrogen-bond acceptors (Lipinski definition) is 0. The van der Waals surface area contributed by atoms with Crippen molar-refractivity contribution in [3.63, 3.8) is 0 Å². The van der Waals surface area contributed by atoms with Gasteiger partial charge in [-0.05, 0) is 49.1 Å². The Hall–Kier alpha value is -1.25. The predicted octanol–water partition coefficient (Wildman–Crippen LogP) is 8.77. The second-order valence-electron chi connectivity index (χ2n) is 8.17. The molecule has 0 bridgehead atoms. The molecule has 3 heteroatoms. The van der Waals surface area contributed by atoms with Crippen LogP contribution in [0.1, 0.15) is 59.6 Å². The van der Waals surface area contributed by atoms with E-state index < -0.39 is 0 Å². The Morgan fingerprint density at radius 3 is 1.18 bits per heavy atom. The maximum Gasteiger partial charge on any atom is 2.00 e. The summed E-state index contributed by atoms with van der Waals surface area (Å²) in [5.74, 6) is 0. The fourth-order valence-corrected chi connectivity index (χ4v) is 7.33. The van der Waals surface area contributed by atoms with Crippen LogP contribution in [0.25, 0.3) is 5.57 Å². The fraction of sp³-hybridized carbons (Fsp3) is 0.323. The van der Waals surface area contributed by atoms with Crippen LogP contribution in [0.4, 0.5) is 0 Å².